The van der Waals surface area contributed by atoms with Gasteiger partial charge in [0, 0.05) is 24.5 Å². The molecule has 0 radical (unpaired) electrons. The number of nitrogens with one attached hydrogen (secondary N) is 2. The molecule has 3 N–H and O–H groups in total. The summed E-state index contributed by atoms with van der Waals surface area (Å²) in [5, 5.41) is 15.1. The van der Waals surface area contributed by atoms with E-state index < -0.39 is 0 Å². The van der Waals surface area contributed by atoms with E-state index in [-0.39, 0.29) is 24.1 Å². The molecule has 1 aromatic heterocycles. The summed E-state index contributed by atoms with van der Waals surface area (Å²) in [6.45, 7) is 6.24. The number of rotatable bonds is 7. The number of hydrogen-bond donors (Lipinski definition) is 3. The fraction of sp³-hybridized carbons (Fsp3) is 0.421. The minimum Gasteiger partial charge on any atom is -0.393 e. The second-order valence-corrected chi connectivity index (χ2v) is 6.52. The molecule has 2 rings (SSSR count). The number of aliphatic hydroxyl groups excluding tert-OH is 1. The maximum absolute atomic E-state index is 12.0. The lowest BCUT2D eigenvalue weighted by molar-refractivity contribution is 0.163. The number of hydrogen-bond acceptors (Lipinski definition) is 4. The highest BCUT2D eigenvalue weighted by molar-refractivity contribution is 5.74. The van der Waals surface area contributed by atoms with Crippen LogP contribution in [-0.4, -0.2) is 33.8 Å². The van der Waals surface area contributed by atoms with Crippen LogP contribution in [0.4, 0.5) is 4.79 Å². The van der Waals surface area contributed by atoms with Crippen molar-refractivity contribution in [3.63, 3.8) is 0 Å². The van der Waals surface area contributed by atoms with Gasteiger partial charge < -0.3 is 15.7 Å². The third kappa shape index (κ3) is 6.15. The molecule has 3 unspecified atom stereocenters. The highest BCUT2D eigenvalue weighted by Crippen LogP contribution is 2.20. The van der Waals surface area contributed by atoms with Crippen molar-refractivity contribution in [2.24, 2.45) is 5.92 Å². The van der Waals surface area contributed by atoms with Gasteiger partial charge in [0.2, 0.25) is 0 Å². The fourth-order valence-electron chi connectivity index (χ4n) is 2.68. The third-order valence-electron chi connectivity index (χ3n) is 4.01. The summed E-state index contributed by atoms with van der Waals surface area (Å²) in [4.78, 5) is 20.0. The first-order valence-corrected chi connectivity index (χ1v) is 8.53. The van der Waals surface area contributed by atoms with E-state index in [0.717, 1.165) is 16.7 Å². The number of carbonyl (C=O) groups is 1. The van der Waals surface area contributed by atoms with Gasteiger partial charge in [-0.15, -0.1) is 0 Å². The van der Waals surface area contributed by atoms with Gasteiger partial charge >= 0.3 is 6.03 Å². The molecule has 0 aliphatic carbocycles. The number of urea groups is 1. The fourth-order valence-corrected chi connectivity index (χ4v) is 2.68. The van der Waals surface area contributed by atoms with Crippen LogP contribution in [0.3, 0.4) is 0 Å². The summed E-state index contributed by atoms with van der Waals surface area (Å²) in [5.41, 5.74) is 3.01. The molecule has 6 heteroatoms. The van der Waals surface area contributed by atoms with Gasteiger partial charge in [-0.3, -0.25) is 0 Å². The van der Waals surface area contributed by atoms with Gasteiger partial charge in [0.05, 0.1) is 12.1 Å². The lowest BCUT2D eigenvalue weighted by atomic mass is 10.0. The Balaban J connectivity index is 1.86. The van der Waals surface area contributed by atoms with E-state index in [0.29, 0.717) is 13.0 Å². The molecule has 1 heterocycles. The Morgan fingerprint density at radius 3 is 2.32 bits per heavy atom. The quantitative estimate of drug-likeness (QED) is 0.722. The molecule has 1 aromatic carbocycles. The Labute approximate surface area is 148 Å². The summed E-state index contributed by atoms with van der Waals surface area (Å²) in [6.07, 6.45) is 5.36. The van der Waals surface area contributed by atoms with Crippen molar-refractivity contribution in [2.45, 2.75) is 39.3 Å². The molecular formula is C19H26N4O2. The van der Waals surface area contributed by atoms with Crippen molar-refractivity contribution in [1.29, 1.82) is 0 Å². The van der Waals surface area contributed by atoms with Crippen molar-refractivity contribution in [1.82, 2.24) is 20.6 Å². The zero-order chi connectivity index (χ0) is 18.2. The van der Waals surface area contributed by atoms with E-state index in [9.17, 15) is 9.90 Å². The van der Waals surface area contributed by atoms with Crippen LogP contribution >= 0.6 is 0 Å². The Morgan fingerprint density at radius 1 is 1.08 bits per heavy atom. The first kappa shape index (κ1) is 18.9. The summed E-state index contributed by atoms with van der Waals surface area (Å²) < 4.78 is 0. The van der Waals surface area contributed by atoms with E-state index in [1.165, 1.54) is 6.33 Å². The Bertz CT molecular complexity index is 659. The maximum atomic E-state index is 12.0. The molecule has 6 nitrogen and oxygen atoms in total. The molecule has 2 aromatic rings. The van der Waals surface area contributed by atoms with Crippen LogP contribution in [0.5, 0.6) is 0 Å². The molecule has 3 atom stereocenters. The number of nitrogens with zero attached hydrogens (tertiary/aromatic N) is 2. The van der Waals surface area contributed by atoms with Crippen molar-refractivity contribution in [3.05, 3.63) is 48.5 Å². The highest BCUT2D eigenvalue weighted by atomic mass is 16.3. The predicted molar refractivity (Wildman–Crippen MR) is 97.9 cm³/mol. The molecule has 0 saturated heterocycles. The predicted octanol–water partition coefficient (Wildman–Crippen LogP) is 2.91. The number of carbonyl (C=O) groups excluding carboxylic acids is 1. The second kappa shape index (κ2) is 9.13. The minimum atomic E-state index is -0.354. The van der Waals surface area contributed by atoms with Gasteiger partial charge in [0.25, 0.3) is 0 Å². The van der Waals surface area contributed by atoms with Crippen molar-refractivity contribution >= 4 is 6.03 Å². The van der Waals surface area contributed by atoms with Crippen LogP contribution < -0.4 is 10.6 Å². The number of amides is 2. The van der Waals surface area contributed by atoms with Gasteiger partial charge in [-0.05, 0) is 37.3 Å². The smallest absolute Gasteiger partial charge is 0.315 e. The molecule has 0 aliphatic heterocycles. The molecule has 134 valence electrons. The molecular weight excluding hydrogens is 316 g/mol. The molecule has 0 spiro atoms. The zero-order valence-electron chi connectivity index (χ0n) is 14.9. The average molecular weight is 342 g/mol. The van der Waals surface area contributed by atoms with Crippen LogP contribution in [0.2, 0.25) is 0 Å². The van der Waals surface area contributed by atoms with Gasteiger partial charge in [0.1, 0.15) is 6.33 Å². The van der Waals surface area contributed by atoms with Gasteiger partial charge in [-0.2, -0.15) is 0 Å². The second-order valence-electron chi connectivity index (χ2n) is 6.52. The average Bonchev–Trinajstić information content (AvgIpc) is 2.60. The first-order valence-electron chi connectivity index (χ1n) is 8.53. The summed E-state index contributed by atoms with van der Waals surface area (Å²) in [7, 11) is 0. The molecule has 0 fully saturated rings. The Kier molecular flexibility index (Phi) is 6.89. The topological polar surface area (TPSA) is 87.1 Å². The Morgan fingerprint density at radius 2 is 1.72 bits per heavy atom. The first-order chi connectivity index (χ1) is 12.0. The standard InChI is InChI=1S/C19H26N4O2/c1-13(8-14(2)24)9-22-19(25)23-15(3)16-4-6-17(7-5-16)18-10-20-12-21-11-18/h4-7,10-15,24H,8-9H2,1-3H3,(H2,22,23,25). The number of benzene rings is 1. The summed E-state index contributed by atoms with van der Waals surface area (Å²) in [6, 6.07) is 7.66. The van der Waals surface area contributed by atoms with Gasteiger partial charge in [-0.25, -0.2) is 14.8 Å². The van der Waals surface area contributed by atoms with Gasteiger partial charge in [-0.1, -0.05) is 31.2 Å². The largest absolute Gasteiger partial charge is 0.393 e. The van der Waals surface area contributed by atoms with Crippen LogP contribution in [0, 0.1) is 5.92 Å². The minimum absolute atomic E-state index is 0.104. The van der Waals surface area contributed by atoms with E-state index >= 15 is 0 Å². The molecule has 0 bridgehead atoms. The van der Waals surface area contributed by atoms with E-state index in [1.54, 1.807) is 19.3 Å². The lowest BCUT2D eigenvalue weighted by Crippen LogP contribution is -2.39. The molecule has 0 saturated carbocycles. The molecule has 2 amide bonds. The van der Waals surface area contributed by atoms with Crippen LogP contribution in [0.1, 0.15) is 38.8 Å². The van der Waals surface area contributed by atoms with Crippen LogP contribution in [0.15, 0.2) is 43.0 Å². The number of aliphatic hydroxyl groups is 1. The van der Waals surface area contributed by atoms with Crippen LogP contribution in [-0.2, 0) is 0 Å². The normalized spacial score (nSPS) is 14.4. The summed E-state index contributed by atoms with van der Waals surface area (Å²) in [5.74, 6) is 0.230. The van der Waals surface area contributed by atoms with Crippen molar-refractivity contribution < 1.29 is 9.90 Å². The monoisotopic (exact) mass is 342 g/mol. The van der Waals surface area contributed by atoms with Crippen LogP contribution in [0.25, 0.3) is 11.1 Å². The lowest BCUT2D eigenvalue weighted by Gasteiger charge is -2.18. The Hall–Kier alpha value is -2.47. The van der Waals surface area contributed by atoms with Crippen molar-refractivity contribution in [3.8, 4) is 11.1 Å². The van der Waals surface area contributed by atoms with E-state index in [4.69, 9.17) is 0 Å². The third-order valence-corrected chi connectivity index (χ3v) is 4.01. The molecule has 25 heavy (non-hydrogen) atoms. The summed E-state index contributed by atoms with van der Waals surface area (Å²) >= 11 is 0. The highest BCUT2D eigenvalue weighted by Gasteiger charge is 2.12. The molecule has 0 aliphatic rings. The maximum Gasteiger partial charge on any atom is 0.315 e. The van der Waals surface area contributed by atoms with Crippen molar-refractivity contribution in [2.75, 3.05) is 6.54 Å². The number of aromatic nitrogens is 2. The SMILES string of the molecule is CC(O)CC(C)CNC(=O)NC(C)c1ccc(-c2cncnc2)cc1. The van der Waals surface area contributed by atoms with Gasteiger partial charge in [0.15, 0.2) is 0 Å². The zero-order valence-corrected chi connectivity index (χ0v) is 14.9. The van der Waals surface area contributed by atoms with E-state index in [1.807, 2.05) is 38.1 Å². The van der Waals surface area contributed by atoms with E-state index in [2.05, 4.69) is 20.6 Å².